The number of carbonyl (C=O) groups excluding carboxylic acids is 2. The van der Waals surface area contributed by atoms with E-state index in [0.717, 1.165) is 10.4 Å². The Balaban J connectivity index is 1.85. The molecule has 2 aromatic carbocycles. The van der Waals surface area contributed by atoms with Crippen LogP contribution >= 0.6 is 11.3 Å². The van der Waals surface area contributed by atoms with Crippen molar-refractivity contribution in [2.45, 2.75) is 26.9 Å². The lowest BCUT2D eigenvalue weighted by molar-refractivity contribution is -0.113. The number of thiophene rings is 1. The number of carbonyl (C=O) groups is 2. The van der Waals surface area contributed by atoms with Gasteiger partial charge < -0.3 is 15.4 Å². The first-order chi connectivity index (χ1) is 14.4. The summed E-state index contributed by atoms with van der Waals surface area (Å²) in [7, 11) is 0. The minimum absolute atomic E-state index is 0.0366. The Morgan fingerprint density at radius 2 is 1.73 bits per heavy atom. The molecule has 3 rings (SSSR count). The molecule has 0 aliphatic rings. The fraction of sp³-hybridized carbons (Fsp3) is 0.167. The molecular weight excluding hydrogens is 396 g/mol. The van der Waals surface area contributed by atoms with E-state index in [-0.39, 0.29) is 17.7 Å². The predicted octanol–water partition coefficient (Wildman–Crippen LogP) is 5.25. The van der Waals surface area contributed by atoms with Crippen molar-refractivity contribution < 1.29 is 14.3 Å². The van der Waals surface area contributed by atoms with E-state index in [1.165, 1.54) is 11.3 Å². The van der Waals surface area contributed by atoms with Gasteiger partial charge in [0.15, 0.2) is 0 Å². The number of ether oxygens (including phenoxy) is 1. The maximum Gasteiger partial charge on any atom is 0.272 e. The Morgan fingerprint density at radius 1 is 1.00 bits per heavy atom. The predicted molar refractivity (Wildman–Crippen MR) is 122 cm³/mol. The van der Waals surface area contributed by atoms with Crippen LogP contribution in [0.4, 0.5) is 5.69 Å². The van der Waals surface area contributed by atoms with Gasteiger partial charge in [0.2, 0.25) is 0 Å². The summed E-state index contributed by atoms with van der Waals surface area (Å²) in [5.41, 5.74) is 2.23. The largest absolute Gasteiger partial charge is 0.489 e. The second-order valence-corrected chi connectivity index (χ2v) is 7.99. The third-order valence-electron chi connectivity index (χ3n) is 4.13. The number of rotatable bonds is 7. The van der Waals surface area contributed by atoms with Crippen LogP contribution in [0.2, 0.25) is 0 Å². The van der Waals surface area contributed by atoms with E-state index in [1.54, 1.807) is 30.3 Å². The van der Waals surface area contributed by atoms with Crippen molar-refractivity contribution in [1.29, 1.82) is 0 Å². The third kappa shape index (κ3) is 5.81. The maximum absolute atomic E-state index is 13.1. The number of amides is 2. The van der Waals surface area contributed by atoms with Gasteiger partial charge in [0.05, 0.1) is 11.8 Å². The molecule has 0 saturated carbocycles. The Labute approximate surface area is 180 Å². The molecule has 2 amide bonds. The molecular formula is C24H24N2O3S. The highest BCUT2D eigenvalue weighted by atomic mass is 32.1. The van der Waals surface area contributed by atoms with Crippen LogP contribution in [0.15, 0.2) is 71.7 Å². The zero-order valence-electron chi connectivity index (χ0n) is 17.1. The molecule has 0 spiro atoms. The summed E-state index contributed by atoms with van der Waals surface area (Å²) < 4.78 is 5.77. The Morgan fingerprint density at radius 3 is 2.40 bits per heavy atom. The van der Waals surface area contributed by atoms with Crippen LogP contribution in [0, 0.1) is 6.92 Å². The van der Waals surface area contributed by atoms with E-state index in [9.17, 15) is 9.59 Å². The molecule has 5 nitrogen and oxygen atoms in total. The summed E-state index contributed by atoms with van der Waals surface area (Å²) in [6.45, 7) is 5.79. The van der Waals surface area contributed by atoms with Gasteiger partial charge in [0.25, 0.3) is 11.8 Å². The zero-order valence-corrected chi connectivity index (χ0v) is 18.0. The smallest absolute Gasteiger partial charge is 0.272 e. The topological polar surface area (TPSA) is 67.4 Å². The fourth-order valence-corrected chi connectivity index (χ4v) is 3.35. The van der Waals surface area contributed by atoms with E-state index < -0.39 is 5.91 Å². The number of hydrogen-bond acceptors (Lipinski definition) is 4. The third-order valence-corrected chi connectivity index (χ3v) is 4.95. The second kappa shape index (κ2) is 9.89. The van der Waals surface area contributed by atoms with Crippen molar-refractivity contribution in [3.8, 4) is 5.75 Å². The van der Waals surface area contributed by atoms with Crippen LogP contribution in [0.5, 0.6) is 5.75 Å². The molecule has 0 saturated heterocycles. The molecule has 30 heavy (non-hydrogen) atoms. The monoisotopic (exact) mass is 420 g/mol. The lowest BCUT2D eigenvalue weighted by Gasteiger charge is -2.16. The van der Waals surface area contributed by atoms with Crippen LogP contribution in [0.1, 0.15) is 34.6 Å². The van der Waals surface area contributed by atoms with E-state index in [2.05, 4.69) is 10.6 Å². The van der Waals surface area contributed by atoms with Gasteiger partial charge in [-0.25, -0.2) is 0 Å². The van der Waals surface area contributed by atoms with Crippen LogP contribution in [-0.2, 0) is 4.79 Å². The minimum Gasteiger partial charge on any atom is -0.489 e. The van der Waals surface area contributed by atoms with Gasteiger partial charge in [0, 0.05) is 10.4 Å². The van der Waals surface area contributed by atoms with Gasteiger partial charge in [-0.3, -0.25) is 9.59 Å². The lowest BCUT2D eigenvalue weighted by Crippen LogP contribution is -2.30. The van der Waals surface area contributed by atoms with Gasteiger partial charge in [0.1, 0.15) is 11.4 Å². The van der Waals surface area contributed by atoms with Gasteiger partial charge in [-0.05, 0) is 62.6 Å². The first-order valence-electron chi connectivity index (χ1n) is 9.62. The minimum atomic E-state index is -0.427. The summed E-state index contributed by atoms with van der Waals surface area (Å²) in [4.78, 5) is 26.6. The van der Waals surface area contributed by atoms with Gasteiger partial charge in [-0.15, -0.1) is 11.3 Å². The molecule has 0 atom stereocenters. The summed E-state index contributed by atoms with van der Waals surface area (Å²) in [6, 6.07) is 18.2. The molecule has 154 valence electrons. The standard InChI is InChI=1S/C24H24N2O3S/c1-16(2)29-22-9-5-4-8-20(22)25-24(28)21(15-19-7-6-14-30-19)26-23(27)18-12-10-17(3)11-13-18/h4-16H,1-3H3,(H,25,28)(H,26,27)/b21-15-. The highest BCUT2D eigenvalue weighted by Gasteiger charge is 2.17. The van der Waals surface area contributed by atoms with Crippen molar-refractivity contribution in [3.05, 3.63) is 87.7 Å². The van der Waals surface area contributed by atoms with Crippen molar-refractivity contribution >= 4 is 34.9 Å². The van der Waals surface area contributed by atoms with Crippen molar-refractivity contribution in [3.63, 3.8) is 0 Å². The van der Waals surface area contributed by atoms with E-state index in [1.807, 2.05) is 62.5 Å². The quantitative estimate of drug-likeness (QED) is 0.513. The number of benzene rings is 2. The van der Waals surface area contributed by atoms with Crippen molar-refractivity contribution in [1.82, 2.24) is 5.32 Å². The van der Waals surface area contributed by atoms with Crippen LogP contribution in [0.3, 0.4) is 0 Å². The Bertz CT molecular complexity index is 1040. The molecule has 0 radical (unpaired) electrons. The van der Waals surface area contributed by atoms with Gasteiger partial charge >= 0.3 is 0 Å². The fourth-order valence-electron chi connectivity index (χ4n) is 2.69. The highest BCUT2D eigenvalue weighted by molar-refractivity contribution is 7.10. The normalized spacial score (nSPS) is 11.3. The van der Waals surface area contributed by atoms with Crippen LogP contribution < -0.4 is 15.4 Å². The Kier molecular flexibility index (Phi) is 7.03. The number of nitrogens with one attached hydrogen (secondary N) is 2. The molecule has 0 aliphatic heterocycles. The van der Waals surface area contributed by atoms with Crippen LogP contribution in [-0.4, -0.2) is 17.9 Å². The number of anilines is 1. The van der Waals surface area contributed by atoms with E-state index in [0.29, 0.717) is 17.0 Å². The summed E-state index contributed by atoms with van der Waals surface area (Å²) in [5.74, 6) is -0.204. The zero-order chi connectivity index (χ0) is 21.5. The van der Waals surface area contributed by atoms with Crippen molar-refractivity contribution in [2.24, 2.45) is 0 Å². The van der Waals surface area contributed by atoms with Gasteiger partial charge in [-0.1, -0.05) is 35.9 Å². The molecule has 0 bridgehead atoms. The SMILES string of the molecule is Cc1ccc(C(=O)N/C(=C\c2cccs2)C(=O)Nc2ccccc2OC(C)C)cc1. The maximum atomic E-state index is 13.1. The highest BCUT2D eigenvalue weighted by Crippen LogP contribution is 2.25. The molecule has 6 heteroatoms. The lowest BCUT2D eigenvalue weighted by atomic mass is 10.1. The number of aryl methyl sites for hydroxylation is 1. The molecule has 1 aromatic heterocycles. The number of para-hydroxylation sites is 2. The average molecular weight is 421 g/mol. The Hall–Kier alpha value is -3.38. The van der Waals surface area contributed by atoms with Crippen LogP contribution in [0.25, 0.3) is 6.08 Å². The average Bonchev–Trinajstić information content (AvgIpc) is 3.22. The summed E-state index contributed by atoms with van der Waals surface area (Å²) >= 11 is 1.48. The molecule has 0 unspecified atom stereocenters. The van der Waals surface area contributed by atoms with Gasteiger partial charge in [-0.2, -0.15) is 0 Å². The molecule has 3 aromatic rings. The summed E-state index contributed by atoms with van der Waals surface area (Å²) in [5, 5.41) is 7.51. The van der Waals surface area contributed by atoms with E-state index >= 15 is 0 Å². The molecule has 0 fully saturated rings. The molecule has 2 N–H and O–H groups in total. The summed E-state index contributed by atoms with van der Waals surface area (Å²) in [6.07, 6.45) is 1.63. The number of hydrogen-bond donors (Lipinski definition) is 2. The molecule has 0 aliphatic carbocycles. The molecule has 1 heterocycles. The van der Waals surface area contributed by atoms with Crippen molar-refractivity contribution in [2.75, 3.05) is 5.32 Å². The first-order valence-corrected chi connectivity index (χ1v) is 10.5. The second-order valence-electron chi connectivity index (χ2n) is 7.01. The first kappa shape index (κ1) is 21.3. The van der Waals surface area contributed by atoms with E-state index in [4.69, 9.17) is 4.74 Å².